The maximum atomic E-state index is 4.89. The Morgan fingerprint density at radius 1 is 0.556 bits per heavy atom. The molecule has 0 bridgehead atoms. The summed E-state index contributed by atoms with van der Waals surface area (Å²) in [7, 11) is -3.90. The second-order valence-corrected chi connectivity index (χ2v) is 21.9. The average molecular weight is 408 g/mol. The summed E-state index contributed by atoms with van der Waals surface area (Å²) in [6.07, 6.45) is 3.88. The lowest BCUT2D eigenvalue weighted by Gasteiger charge is -2.62. The standard InChI is InChI=1S/C22H45N3Si2/c1-16(2)26(17(3)4,18(5)6)25(22-23-14-13-15-24-22)27(19(7)8,20(9)10)21(11)12/h13-21H,1-12H3. The first-order chi connectivity index (χ1) is 12.4. The Hall–Kier alpha value is -0.686. The van der Waals surface area contributed by atoms with Crippen LogP contribution in [0.5, 0.6) is 0 Å². The molecule has 0 saturated carbocycles. The van der Waals surface area contributed by atoms with Gasteiger partial charge in [-0.2, -0.15) is 0 Å². The van der Waals surface area contributed by atoms with Gasteiger partial charge in [-0.05, 0) is 39.3 Å². The van der Waals surface area contributed by atoms with Crippen molar-refractivity contribution in [1.82, 2.24) is 9.97 Å². The molecule has 1 rings (SSSR count). The number of aromatic nitrogens is 2. The predicted octanol–water partition coefficient (Wildman–Crippen LogP) is 7.63. The summed E-state index contributed by atoms with van der Waals surface area (Å²) >= 11 is 0. The fourth-order valence-electron chi connectivity index (χ4n) is 6.64. The highest BCUT2D eigenvalue weighted by molar-refractivity contribution is 7.05. The number of nitrogens with zero attached hydrogens (tertiary/aromatic N) is 3. The maximum Gasteiger partial charge on any atom is 0.208 e. The third-order valence-electron chi connectivity index (χ3n) is 7.08. The Labute approximate surface area is 171 Å². The summed E-state index contributed by atoms with van der Waals surface area (Å²) in [6, 6.07) is 1.95. The van der Waals surface area contributed by atoms with Gasteiger partial charge in [-0.15, -0.1) is 0 Å². The molecule has 27 heavy (non-hydrogen) atoms. The van der Waals surface area contributed by atoms with Gasteiger partial charge in [-0.3, -0.25) is 0 Å². The van der Waals surface area contributed by atoms with Gasteiger partial charge >= 0.3 is 0 Å². The van der Waals surface area contributed by atoms with E-state index in [-0.39, 0.29) is 0 Å². The minimum absolute atomic E-state index is 0.643. The van der Waals surface area contributed by atoms with Crippen molar-refractivity contribution in [2.24, 2.45) is 0 Å². The number of anilines is 1. The number of hydrogen-bond acceptors (Lipinski definition) is 3. The van der Waals surface area contributed by atoms with Gasteiger partial charge in [0, 0.05) is 12.4 Å². The summed E-state index contributed by atoms with van der Waals surface area (Å²) in [6.45, 7) is 29.5. The van der Waals surface area contributed by atoms with Crippen molar-refractivity contribution in [1.29, 1.82) is 0 Å². The van der Waals surface area contributed by atoms with Gasteiger partial charge < -0.3 is 4.23 Å². The highest BCUT2D eigenvalue weighted by Crippen LogP contribution is 2.54. The average Bonchev–Trinajstić information content (AvgIpc) is 2.53. The highest BCUT2D eigenvalue weighted by Gasteiger charge is 2.60. The summed E-state index contributed by atoms with van der Waals surface area (Å²) < 4.78 is 2.96. The first-order valence-corrected chi connectivity index (χ1v) is 15.3. The molecule has 1 heterocycles. The molecule has 0 aromatic carbocycles. The van der Waals surface area contributed by atoms with E-state index in [1.165, 1.54) is 0 Å². The number of rotatable bonds is 9. The van der Waals surface area contributed by atoms with Crippen LogP contribution in [0.4, 0.5) is 5.95 Å². The molecule has 0 aliphatic heterocycles. The van der Waals surface area contributed by atoms with E-state index in [0.717, 1.165) is 5.95 Å². The van der Waals surface area contributed by atoms with Crippen molar-refractivity contribution in [3.8, 4) is 0 Å². The zero-order valence-corrected chi connectivity index (χ0v) is 22.0. The Morgan fingerprint density at radius 3 is 1.04 bits per heavy atom. The quantitative estimate of drug-likeness (QED) is 0.394. The zero-order valence-electron chi connectivity index (χ0n) is 20.0. The molecule has 0 radical (unpaired) electrons. The van der Waals surface area contributed by atoms with Crippen LogP contribution in [-0.4, -0.2) is 26.4 Å². The van der Waals surface area contributed by atoms with E-state index in [2.05, 4.69) is 87.3 Å². The fourth-order valence-corrected chi connectivity index (χ4v) is 26.0. The smallest absolute Gasteiger partial charge is 0.208 e. The molecule has 0 aliphatic rings. The van der Waals surface area contributed by atoms with Crippen molar-refractivity contribution in [2.75, 3.05) is 4.23 Å². The third-order valence-corrected chi connectivity index (χ3v) is 22.4. The number of hydrogen-bond donors (Lipinski definition) is 0. The second-order valence-electron chi connectivity index (χ2n) is 10.1. The van der Waals surface area contributed by atoms with Crippen LogP contribution in [0.15, 0.2) is 18.5 Å². The molecule has 1 aromatic rings. The van der Waals surface area contributed by atoms with E-state index in [9.17, 15) is 0 Å². The molecule has 1 aromatic heterocycles. The first-order valence-electron chi connectivity index (χ1n) is 11.0. The molecule has 5 heteroatoms. The van der Waals surface area contributed by atoms with Crippen LogP contribution in [0.25, 0.3) is 0 Å². The summed E-state index contributed by atoms with van der Waals surface area (Å²) in [5, 5.41) is 0. The Morgan fingerprint density at radius 2 is 0.815 bits per heavy atom. The topological polar surface area (TPSA) is 29.0 Å². The van der Waals surface area contributed by atoms with E-state index in [0.29, 0.717) is 33.2 Å². The molecule has 0 amide bonds. The monoisotopic (exact) mass is 407 g/mol. The van der Waals surface area contributed by atoms with Gasteiger partial charge in [0.15, 0.2) is 16.5 Å². The molecular formula is C22H45N3Si2. The molecule has 0 aliphatic carbocycles. The van der Waals surface area contributed by atoms with E-state index >= 15 is 0 Å². The van der Waals surface area contributed by atoms with Gasteiger partial charge in [0.25, 0.3) is 0 Å². The lowest BCUT2D eigenvalue weighted by atomic mass is 10.5. The molecular weight excluding hydrogens is 362 g/mol. The summed E-state index contributed by atoms with van der Waals surface area (Å²) in [5.41, 5.74) is 3.86. The summed E-state index contributed by atoms with van der Waals surface area (Å²) in [4.78, 5) is 9.78. The van der Waals surface area contributed by atoms with Crippen LogP contribution in [0, 0.1) is 0 Å². The van der Waals surface area contributed by atoms with Gasteiger partial charge in [-0.25, -0.2) is 9.97 Å². The molecule has 0 saturated heterocycles. The molecule has 0 atom stereocenters. The minimum Gasteiger partial charge on any atom is -0.392 e. The Bertz CT molecular complexity index is 493. The van der Waals surface area contributed by atoms with Crippen LogP contribution in [0.1, 0.15) is 83.1 Å². The van der Waals surface area contributed by atoms with Crippen LogP contribution >= 0.6 is 0 Å². The Kier molecular flexibility index (Phi) is 8.30. The first kappa shape index (κ1) is 24.4. The zero-order chi connectivity index (χ0) is 21.2. The van der Waals surface area contributed by atoms with Gasteiger partial charge in [0.05, 0.1) is 0 Å². The van der Waals surface area contributed by atoms with Gasteiger partial charge in [0.2, 0.25) is 5.95 Å². The molecule has 0 spiro atoms. The second kappa shape index (κ2) is 9.21. The third kappa shape index (κ3) is 3.91. The lowest BCUT2D eigenvalue weighted by Crippen LogP contribution is -2.75. The van der Waals surface area contributed by atoms with Crippen LogP contribution < -0.4 is 4.23 Å². The minimum atomic E-state index is -1.95. The molecule has 3 nitrogen and oxygen atoms in total. The van der Waals surface area contributed by atoms with Crippen LogP contribution in [0.3, 0.4) is 0 Å². The normalized spacial score (nSPS) is 13.7. The molecule has 156 valence electrons. The molecule has 0 unspecified atom stereocenters. The van der Waals surface area contributed by atoms with E-state index in [4.69, 9.17) is 9.97 Å². The van der Waals surface area contributed by atoms with Gasteiger partial charge in [0.1, 0.15) is 0 Å². The SMILES string of the molecule is CC(C)[Si](C(C)C)(C(C)C)N(c1ncccn1)[Si](C(C)C)(C(C)C)C(C)C. The fraction of sp³-hybridized carbons (Fsp3) is 0.818. The van der Waals surface area contributed by atoms with Crippen molar-refractivity contribution in [2.45, 2.75) is 116 Å². The molecule has 0 fully saturated rings. The highest BCUT2D eigenvalue weighted by atomic mass is 28.4. The van der Waals surface area contributed by atoms with Crippen molar-refractivity contribution in [3.05, 3.63) is 18.5 Å². The predicted molar refractivity (Wildman–Crippen MR) is 127 cm³/mol. The van der Waals surface area contributed by atoms with Crippen LogP contribution in [-0.2, 0) is 0 Å². The van der Waals surface area contributed by atoms with Crippen LogP contribution in [0.2, 0.25) is 33.2 Å². The lowest BCUT2D eigenvalue weighted by molar-refractivity contribution is 0.753. The maximum absolute atomic E-state index is 4.89. The van der Waals surface area contributed by atoms with E-state index < -0.39 is 16.5 Å². The summed E-state index contributed by atoms with van der Waals surface area (Å²) in [5.74, 6) is 1.00. The van der Waals surface area contributed by atoms with Crippen molar-refractivity contribution in [3.63, 3.8) is 0 Å². The van der Waals surface area contributed by atoms with E-state index in [1.54, 1.807) is 0 Å². The Balaban J connectivity index is 4.07. The van der Waals surface area contributed by atoms with Crippen molar-refractivity contribution >= 4 is 22.4 Å². The van der Waals surface area contributed by atoms with Crippen molar-refractivity contribution < 1.29 is 0 Å². The molecule has 0 N–H and O–H groups in total. The van der Waals surface area contributed by atoms with E-state index in [1.807, 2.05) is 18.5 Å². The largest absolute Gasteiger partial charge is 0.392 e. The van der Waals surface area contributed by atoms with Gasteiger partial charge in [-0.1, -0.05) is 83.1 Å².